The van der Waals surface area contributed by atoms with Gasteiger partial charge in [-0.15, -0.1) is 12.4 Å². The first kappa shape index (κ1) is 19.9. The van der Waals surface area contributed by atoms with Crippen molar-refractivity contribution in [2.45, 2.75) is 37.6 Å². The van der Waals surface area contributed by atoms with Crippen LogP contribution in [0.1, 0.15) is 34.3 Å². The highest BCUT2D eigenvalue weighted by atomic mass is 35.5. The molecule has 1 saturated heterocycles. The molecule has 1 fully saturated rings. The molecule has 23 heavy (non-hydrogen) atoms. The van der Waals surface area contributed by atoms with Crippen molar-refractivity contribution in [2.75, 3.05) is 20.1 Å². The molecule has 0 aromatic heterocycles. The minimum Gasteiger partial charge on any atom is -0.339 e. The molecule has 0 aliphatic carbocycles. The van der Waals surface area contributed by atoms with Crippen LogP contribution in [0.2, 0.25) is 0 Å². The van der Waals surface area contributed by atoms with Crippen LogP contribution >= 0.6 is 12.4 Å². The lowest BCUT2D eigenvalue weighted by atomic mass is 10.0. The maximum absolute atomic E-state index is 12.7. The van der Waals surface area contributed by atoms with Gasteiger partial charge in [-0.3, -0.25) is 4.79 Å². The molecule has 1 aromatic carbocycles. The van der Waals surface area contributed by atoms with Crippen molar-refractivity contribution in [2.24, 2.45) is 5.14 Å². The Morgan fingerprint density at radius 1 is 1.26 bits per heavy atom. The normalized spacial score (nSPS) is 15.8. The zero-order chi connectivity index (χ0) is 16.5. The van der Waals surface area contributed by atoms with Crippen LogP contribution in [-0.4, -0.2) is 45.4 Å². The number of carbonyl (C=O) groups is 1. The van der Waals surface area contributed by atoms with Crippen LogP contribution in [-0.2, 0) is 10.0 Å². The highest BCUT2D eigenvalue weighted by molar-refractivity contribution is 7.89. The van der Waals surface area contributed by atoms with E-state index in [1.165, 1.54) is 6.07 Å². The van der Waals surface area contributed by atoms with Gasteiger partial charge in [-0.05, 0) is 63.0 Å². The first-order valence-corrected chi connectivity index (χ1v) is 8.88. The van der Waals surface area contributed by atoms with E-state index in [-0.39, 0.29) is 29.3 Å². The Morgan fingerprint density at radius 3 is 2.35 bits per heavy atom. The maximum Gasteiger partial charge on any atom is 0.253 e. The lowest BCUT2D eigenvalue weighted by Crippen LogP contribution is -2.44. The standard InChI is InChI=1S/C15H23N3O3S.ClH/c1-10-8-12(9-14(11(10)2)22(16,20)21)15(19)18(3)13-4-6-17-7-5-13;/h8-9,13,17H,4-7H2,1-3H3,(H2,16,20,21);1H. The number of hydrogen-bond donors (Lipinski definition) is 2. The van der Waals surface area contributed by atoms with Crippen molar-refractivity contribution < 1.29 is 13.2 Å². The quantitative estimate of drug-likeness (QED) is 0.846. The van der Waals surface area contributed by atoms with Gasteiger partial charge in [0, 0.05) is 18.7 Å². The second-order valence-electron chi connectivity index (χ2n) is 5.86. The molecular formula is C15H24ClN3O3S. The SMILES string of the molecule is Cc1cc(C(=O)N(C)C2CCNCC2)cc(S(N)(=O)=O)c1C.Cl. The van der Waals surface area contributed by atoms with E-state index in [1.807, 2.05) is 0 Å². The zero-order valence-electron chi connectivity index (χ0n) is 13.6. The molecule has 8 heteroatoms. The molecule has 2 rings (SSSR count). The van der Waals surface area contributed by atoms with Crippen LogP contribution in [0, 0.1) is 13.8 Å². The summed E-state index contributed by atoms with van der Waals surface area (Å²) in [7, 11) is -2.08. The smallest absolute Gasteiger partial charge is 0.253 e. The molecule has 0 saturated carbocycles. The van der Waals surface area contributed by atoms with Gasteiger partial charge in [0.2, 0.25) is 10.0 Å². The highest BCUT2D eigenvalue weighted by Gasteiger charge is 2.25. The molecule has 0 spiro atoms. The number of aryl methyl sites for hydroxylation is 1. The second kappa shape index (κ2) is 7.61. The fourth-order valence-electron chi connectivity index (χ4n) is 2.81. The number of halogens is 1. The predicted molar refractivity (Wildman–Crippen MR) is 92.5 cm³/mol. The third-order valence-electron chi connectivity index (χ3n) is 4.35. The summed E-state index contributed by atoms with van der Waals surface area (Å²) in [6, 6.07) is 3.29. The average molecular weight is 362 g/mol. The van der Waals surface area contributed by atoms with Crippen molar-refractivity contribution >= 4 is 28.3 Å². The molecule has 1 aliphatic rings. The third-order valence-corrected chi connectivity index (χ3v) is 5.39. The average Bonchev–Trinajstić information content (AvgIpc) is 2.48. The van der Waals surface area contributed by atoms with E-state index in [4.69, 9.17) is 5.14 Å². The highest BCUT2D eigenvalue weighted by Crippen LogP contribution is 2.22. The summed E-state index contributed by atoms with van der Waals surface area (Å²) < 4.78 is 23.4. The fraction of sp³-hybridized carbons (Fsp3) is 0.533. The Hall–Kier alpha value is -1.15. The Balaban J connectivity index is 0.00000264. The number of rotatable bonds is 3. The number of primary sulfonamides is 1. The molecule has 0 radical (unpaired) electrons. The van der Waals surface area contributed by atoms with Crippen LogP contribution in [0.25, 0.3) is 0 Å². The van der Waals surface area contributed by atoms with Gasteiger partial charge in [-0.25, -0.2) is 13.6 Å². The summed E-state index contributed by atoms with van der Waals surface area (Å²) >= 11 is 0. The first-order chi connectivity index (χ1) is 10.2. The van der Waals surface area contributed by atoms with Crippen molar-refractivity contribution in [1.82, 2.24) is 10.2 Å². The molecular weight excluding hydrogens is 338 g/mol. The van der Waals surface area contributed by atoms with Crippen LogP contribution in [0.15, 0.2) is 17.0 Å². The molecule has 3 N–H and O–H groups in total. The molecule has 0 atom stereocenters. The number of benzene rings is 1. The second-order valence-corrected chi connectivity index (χ2v) is 7.39. The summed E-state index contributed by atoms with van der Waals surface area (Å²) in [5.74, 6) is -0.167. The molecule has 0 bridgehead atoms. The van der Waals surface area contributed by atoms with Crippen molar-refractivity contribution in [3.8, 4) is 0 Å². The van der Waals surface area contributed by atoms with Crippen molar-refractivity contribution in [1.29, 1.82) is 0 Å². The lowest BCUT2D eigenvalue weighted by molar-refractivity contribution is 0.0703. The van der Waals surface area contributed by atoms with E-state index in [0.717, 1.165) is 31.5 Å². The van der Waals surface area contributed by atoms with Crippen molar-refractivity contribution in [3.63, 3.8) is 0 Å². The molecule has 1 aliphatic heterocycles. The largest absolute Gasteiger partial charge is 0.339 e. The van der Waals surface area contributed by atoms with Crippen LogP contribution in [0.3, 0.4) is 0 Å². The van der Waals surface area contributed by atoms with Gasteiger partial charge in [0.25, 0.3) is 5.91 Å². The number of nitrogens with one attached hydrogen (secondary N) is 1. The summed E-state index contributed by atoms with van der Waals surface area (Å²) in [6.07, 6.45) is 1.80. The Bertz CT molecular complexity index is 685. The van der Waals surface area contributed by atoms with Crippen LogP contribution in [0.4, 0.5) is 0 Å². The van der Waals surface area contributed by atoms with E-state index in [0.29, 0.717) is 11.1 Å². The molecule has 0 unspecified atom stereocenters. The Labute approximate surface area is 143 Å². The fourth-order valence-corrected chi connectivity index (χ4v) is 3.69. The topological polar surface area (TPSA) is 92.5 Å². The van der Waals surface area contributed by atoms with Gasteiger partial charge in [0.05, 0.1) is 4.90 Å². The molecule has 6 nitrogen and oxygen atoms in total. The van der Waals surface area contributed by atoms with Gasteiger partial charge in [0.1, 0.15) is 0 Å². The molecule has 1 heterocycles. The number of amides is 1. The summed E-state index contributed by atoms with van der Waals surface area (Å²) in [4.78, 5) is 14.4. The maximum atomic E-state index is 12.7. The van der Waals surface area contributed by atoms with Crippen LogP contribution < -0.4 is 10.5 Å². The van der Waals surface area contributed by atoms with Crippen molar-refractivity contribution in [3.05, 3.63) is 28.8 Å². The minimum atomic E-state index is -3.84. The van der Waals surface area contributed by atoms with E-state index in [9.17, 15) is 13.2 Å². The number of sulfonamides is 1. The number of nitrogens with two attached hydrogens (primary N) is 1. The van der Waals surface area contributed by atoms with E-state index < -0.39 is 10.0 Å². The summed E-state index contributed by atoms with van der Waals surface area (Å²) in [6.45, 7) is 5.25. The van der Waals surface area contributed by atoms with E-state index >= 15 is 0 Å². The molecule has 1 aromatic rings. The number of piperidine rings is 1. The number of hydrogen-bond acceptors (Lipinski definition) is 4. The van der Waals surface area contributed by atoms with Gasteiger partial charge in [0.15, 0.2) is 0 Å². The van der Waals surface area contributed by atoms with Gasteiger partial charge < -0.3 is 10.2 Å². The minimum absolute atomic E-state index is 0. The van der Waals surface area contributed by atoms with E-state index in [1.54, 1.807) is 31.9 Å². The number of nitrogens with zero attached hydrogens (tertiary/aromatic N) is 1. The van der Waals surface area contributed by atoms with Crippen LogP contribution in [0.5, 0.6) is 0 Å². The predicted octanol–water partition coefficient (Wildman–Crippen LogP) is 1.20. The Morgan fingerprint density at radius 2 is 1.83 bits per heavy atom. The summed E-state index contributed by atoms with van der Waals surface area (Å²) in [5.41, 5.74) is 1.70. The Kier molecular flexibility index (Phi) is 6.59. The lowest BCUT2D eigenvalue weighted by Gasteiger charge is -2.32. The van der Waals surface area contributed by atoms with Gasteiger partial charge in [-0.1, -0.05) is 0 Å². The van der Waals surface area contributed by atoms with Gasteiger partial charge >= 0.3 is 0 Å². The first-order valence-electron chi connectivity index (χ1n) is 7.33. The molecule has 130 valence electrons. The zero-order valence-corrected chi connectivity index (χ0v) is 15.3. The summed E-state index contributed by atoms with van der Waals surface area (Å²) in [5, 5.41) is 8.51. The monoisotopic (exact) mass is 361 g/mol. The third kappa shape index (κ3) is 4.44. The van der Waals surface area contributed by atoms with E-state index in [2.05, 4.69) is 5.32 Å². The number of carbonyl (C=O) groups excluding carboxylic acids is 1. The molecule has 1 amide bonds. The van der Waals surface area contributed by atoms with Gasteiger partial charge in [-0.2, -0.15) is 0 Å².